The average molecular weight is 578 g/mol. The topological polar surface area (TPSA) is 93.8 Å². The second kappa shape index (κ2) is 14.7. The van der Waals surface area contributed by atoms with Crippen molar-refractivity contribution in [1.82, 2.24) is 15.1 Å². The standard InChI is InChI=1S/C31H36FN5O3S/c1-3-26(29(39)33-16-14-22-10-12-23(32)13-11-22)31-37(4-2)30(40)27(41-31)21-34-24-8-7-9-25(20-24)35-28(38)15-19-36-17-5-6-18-36/h1,7-13,20,27,34H,4-6,14-19,21H2,2H3,(H,33,39)(H,35,38)/b31-26-. The highest BCUT2D eigenvalue weighted by Gasteiger charge is 2.38. The quantitative estimate of drug-likeness (QED) is 0.262. The number of nitrogens with zero attached hydrogens (tertiary/aromatic N) is 2. The van der Waals surface area contributed by atoms with Crippen molar-refractivity contribution in [3.8, 4) is 12.3 Å². The summed E-state index contributed by atoms with van der Waals surface area (Å²) in [5.74, 6) is 1.58. The Labute approximate surface area is 245 Å². The minimum atomic E-state index is -0.473. The summed E-state index contributed by atoms with van der Waals surface area (Å²) >= 11 is 1.27. The molecule has 216 valence electrons. The molecule has 10 heteroatoms. The van der Waals surface area contributed by atoms with Crippen LogP contribution in [0.1, 0.15) is 31.7 Å². The first-order valence-electron chi connectivity index (χ1n) is 14.0. The molecule has 3 amide bonds. The molecule has 2 aliphatic rings. The SMILES string of the molecule is C#C/C(C(=O)NCCc1ccc(F)cc1)=C1/SC(CNc2cccc(NC(=O)CCN3CCCC3)c2)C(=O)N1CC. The number of benzene rings is 2. The Balaban J connectivity index is 1.32. The van der Waals surface area contributed by atoms with E-state index < -0.39 is 11.2 Å². The maximum absolute atomic E-state index is 13.2. The number of thioether (sulfide) groups is 1. The normalized spacial score (nSPS) is 18.2. The van der Waals surface area contributed by atoms with E-state index in [0.29, 0.717) is 43.2 Å². The highest BCUT2D eigenvalue weighted by molar-refractivity contribution is 8.04. The van der Waals surface area contributed by atoms with Crippen LogP contribution >= 0.6 is 11.8 Å². The molecule has 8 nitrogen and oxygen atoms in total. The summed E-state index contributed by atoms with van der Waals surface area (Å²) in [6.07, 6.45) is 9.08. The predicted octanol–water partition coefficient (Wildman–Crippen LogP) is 3.83. The fourth-order valence-corrected chi connectivity index (χ4v) is 6.12. The van der Waals surface area contributed by atoms with Crippen LogP contribution in [0, 0.1) is 18.2 Å². The van der Waals surface area contributed by atoms with E-state index in [1.54, 1.807) is 17.0 Å². The highest BCUT2D eigenvalue weighted by atomic mass is 32.2. The third kappa shape index (κ3) is 8.35. The summed E-state index contributed by atoms with van der Waals surface area (Å²) in [6.45, 7) is 5.74. The molecule has 4 rings (SSSR count). The minimum Gasteiger partial charge on any atom is -0.383 e. The molecule has 0 radical (unpaired) electrons. The number of amides is 3. The van der Waals surface area contributed by atoms with Gasteiger partial charge in [-0.2, -0.15) is 0 Å². The van der Waals surface area contributed by atoms with Gasteiger partial charge >= 0.3 is 0 Å². The largest absolute Gasteiger partial charge is 0.383 e. The molecule has 0 bridgehead atoms. The van der Waals surface area contributed by atoms with Crippen LogP contribution in [0.2, 0.25) is 0 Å². The second-order valence-electron chi connectivity index (χ2n) is 9.95. The van der Waals surface area contributed by atoms with Crippen molar-refractivity contribution < 1.29 is 18.8 Å². The van der Waals surface area contributed by atoms with Gasteiger partial charge in [-0.05, 0) is 75.2 Å². The molecule has 41 heavy (non-hydrogen) atoms. The third-order valence-corrected chi connectivity index (χ3v) is 8.35. The van der Waals surface area contributed by atoms with Gasteiger partial charge in [0.05, 0.1) is 5.03 Å². The van der Waals surface area contributed by atoms with Gasteiger partial charge in [-0.25, -0.2) is 4.39 Å². The summed E-state index contributed by atoms with van der Waals surface area (Å²) in [6, 6.07) is 13.5. The van der Waals surface area contributed by atoms with E-state index in [1.807, 2.05) is 31.2 Å². The number of hydrogen-bond acceptors (Lipinski definition) is 6. The van der Waals surface area contributed by atoms with Crippen LogP contribution in [0.3, 0.4) is 0 Å². The number of hydrogen-bond donors (Lipinski definition) is 3. The van der Waals surface area contributed by atoms with Crippen molar-refractivity contribution >= 4 is 40.9 Å². The molecule has 2 aromatic rings. The first-order valence-corrected chi connectivity index (χ1v) is 14.8. The van der Waals surface area contributed by atoms with E-state index in [9.17, 15) is 18.8 Å². The molecule has 0 aliphatic carbocycles. The van der Waals surface area contributed by atoms with E-state index in [2.05, 4.69) is 26.8 Å². The van der Waals surface area contributed by atoms with E-state index in [1.165, 1.54) is 36.7 Å². The Hall–Kier alpha value is -3.81. The Bertz CT molecular complexity index is 1320. The average Bonchev–Trinajstić information content (AvgIpc) is 3.60. The summed E-state index contributed by atoms with van der Waals surface area (Å²) in [5.41, 5.74) is 2.46. The van der Waals surface area contributed by atoms with Gasteiger partial charge in [0.2, 0.25) is 11.8 Å². The summed E-state index contributed by atoms with van der Waals surface area (Å²) < 4.78 is 13.1. The lowest BCUT2D eigenvalue weighted by atomic mass is 10.1. The second-order valence-corrected chi connectivity index (χ2v) is 11.1. The van der Waals surface area contributed by atoms with E-state index in [0.717, 1.165) is 30.9 Å². The van der Waals surface area contributed by atoms with Crippen LogP contribution in [0.4, 0.5) is 15.8 Å². The zero-order valence-electron chi connectivity index (χ0n) is 23.2. The molecule has 0 aromatic heterocycles. The molecule has 2 saturated heterocycles. The number of halogens is 1. The number of anilines is 2. The minimum absolute atomic E-state index is 0.0262. The lowest BCUT2D eigenvalue weighted by molar-refractivity contribution is -0.127. The van der Waals surface area contributed by atoms with Crippen LogP contribution in [0.25, 0.3) is 0 Å². The summed E-state index contributed by atoms with van der Waals surface area (Å²) in [7, 11) is 0. The smallest absolute Gasteiger partial charge is 0.262 e. The van der Waals surface area contributed by atoms with Crippen molar-refractivity contribution in [3.05, 3.63) is 70.5 Å². The summed E-state index contributed by atoms with van der Waals surface area (Å²) in [4.78, 5) is 42.4. The molecule has 2 aliphatic heterocycles. The lowest BCUT2D eigenvalue weighted by Crippen LogP contribution is -2.33. The van der Waals surface area contributed by atoms with Gasteiger partial charge in [-0.3, -0.25) is 14.4 Å². The van der Waals surface area contributed by atoms with Crippen LogP contribution in [-0.2, 0) is 20.8 Å². The highest BCUT2D eigenvalue weighted by Crippen LogP contribution is 2.37. The molecule has 0 spiro atoms. The zero-order chi connectivity index (χ0) is 29.2. The Morgan fingerprint density at radius 1 is 1.12 bits per heavy atom. The number of rotatable bonds is 12. The van der Waals surface area contributed by atoms with E-state index >= 15 is 0 Å². The predicted molar refractivity (Wildman–Crippen MR) is 162 cm³/mol. The fourth-order valence-electron chi connectivity index (χ4n) is 4.84. The van der Waals surface area contributed by atoms with Gasteiger partial charge in [0.15, 0.2) is 0 Å². The first-order chi connectivity index (χ1) is 19.9. The van der Waals surface area contributed by atoms with Crippen molar-refractivity contribution in [1.29, 1.82) is 0 Å². The Morgan fingerprint density at radius 2 is 1.85 bits per heavy atom. The molecule has 2 aromatic carbocycles. The Morgan fingerprint density at radius 3 is 2.56 bits per heavy atom. The first kappa shape index (κ1) is 30.2. The third-order valence-electron chi connectivity index (χ3n) is 7.05. The molecular formula is C31H36FN5O3S. The molecule has 2 fully saturated rings. The van der Waals surface area contributed by atoms with E-state index in [4.69, 9.17) is 6.42 Å². The number of carbonyl (C=O) groups excluding carboxylic acids is 3. The van der Waals surface area contributed by atoms with Gasteiger partial charge in [0.25, 0.3) is 5.91 Å². The van der Waals surface area contributed by atoms with Crippen LogP contribution < -0.4 is 16.0 Å². The molecule has 1 unspecified atom stereocenters. The van der Waals surface area contributed by atoms with E-state index in [-0.39, 0.29) is 23.2 Å². The summed E-state index contributed by atoms with van der Waals surface area (Å²) in [5, 5.41) is 9.05. The van der Waals surface area contributed by atoms with Crippen molar-refractivity contribution in [2.24, 2.45) is 0 Å². The maximum Gasteiger partial charge on any atom is 0.262 e. The molecule has 2 heterocycles. The van der Waals surface area contributed by atoms with Gasteiger partial charge in [-0.1, -0.05) is 35.9 Å². The van der Waals surface area contributed by atoms with Gasteiger partial charge < -0.3 is 25.8 Å². The Kier molecular flexibility index (Phi) is 10.8. The molecular weight excluding hydrogens is 541 g/mol. The number of likely N-dealkylation sites (tertiary alicyclic amines) is 1. The van der Waals surface area contributed by atoms with Gasteiger partial charge in [0, 0.05) is 44.0 Å². The van der Waals surface area contributed by atoms with Crippen LogP contribution in [0.5, 0.6) is 0 Å². The number of terminal acetylenes is 1. The van der Waals surface area contributed by atoms with Crippen LogP contribution in [0.15, 0.2) is 59.1 Å². The number of carbonyl (C=O) groups is 3. The fraction of sp³-hybridized carbons (Fsp3) is 0.387. The monoisotopic (exact) mass is 577 g/mol. The number of nitrogens with one attached hydrogen (secondary N) is 3. The van der Waals surface area contributed by atoms with Crippen molar-refractivity contribution in [2.45, 2.75) is 37.9 Å². The van der Waals surface area contributed by atoms with Crippen LogP contribution in [-0.4, -0.2) is 72.0 Å². The zero-order valence-corrected chi connectivity index (χ0v) is 24.1. The molecule has 0 saturated carbocycles. The van der Waals surface area contributed by atoms with Gasteiger partial charge in [-0.15, -0.1) is 6.42 Å². The maximum atomic E-state index is 13.2. The van der Waals surface area contributed by atoms with Crippen molar-refractivity contribution in [3.63, 3.8) is 0 Å². The molecule has 1 atom stereocenters. The molecule has 3 N–H and O–H groups in total. The van der Waals surface area contributed by atoms with Gasteiger partial charge in [0.1, 0.15) is 16.6 Å². The van der Waals surface area contributed by atoms with Crippen molar-refractivity contribution in [2.75, 3.05) is 49.9 Å². The lowest BCUT2D eigenvalue weighted by Gasteiger charge is -2.16.